The van der Waals surface area contributed by atoms with E-state index >= 15 is 0 Å². The number of aromatic carboxylic acids is 1. The van der Waals surface area contributed by atoms with E-state index in [1.807, 2.05) is 24.3 Å². The van der Waals surface area contributed by atoms with Crippen LogP contribution in [-0.4, -0.2) is 52.1 Å². The molecular formula is C27H25N3O6. The monoisotopic (exact) mass is 487 g/mol. The molecule has 36 heavy (non-hydrogen) atoms. The van der Waals surface area contributed by atoms with Gasteiger partial charge in [0.1, 0.15) is 11.4 Å². The van der Waals surface area contributed by atoms with E-state index in [-0.39, 0.29) is 41.2 Å². The number of carbonyl (C=O) groups excluding carboxylic acids is 2. The van der Waals surface area contributed by atoms with Crippen LogP contribution < -0.4 is 15.6 Å². The standard InChI is InChI=1S/C27H25N3O6/c31-24(16-36-21-7-2-1-3-8-21)28-22-9-10-23-20-11-17(14-30(23)26(22)33)13-29(15-20)25(32)18-5-4-6-19(12-18)27(34)35/h1-10,12,17,20H,11,13-16H2,(H,28,31)(H,34,35)/t17-,20-/m1/s1. The van der Waals surface area contributed by atoms with Crippen molar-refractivity contribution >= 4 is 23.5 Å². The molecule has 2 amide bonds. The second-order valence-corrected chi connectivity index (χ2v) is 9.13. The van der Waals surface area contributed by atoms with Crippen molar-refractivity contribution in [2.24, 2.45) is 5.92 Å². The summed E-state index contributed by atoms with van der Waals surface area (Å²) in [6.07, 6.45) is 0.856. The Hall–Kier alpha value is -4.40. The maximum atomic E-state index is 13.2. The lowest BCUT2D eigenvalue weighted by Gasteiger charge is -2.43. The van der Waals surface area contributed by atoms with E-state index in [1.54, 1.807) is 39.8 Å². The molecule has 0 spiro atoms. The van der Waals surface area contributed by atoms with Crippen LogP contribution in [0.4, 0.5) is 5.69 Å². The fraction of sp³-hybridized carbons (Fsp3) is 0.259. The van der Waals surface area contributed by atoms with E-state index < -0.39 is 11.9 Å². The molecule has 3 aromatic rings. The number of carboxylic acids is 1. The summed E-state index contributed by atoms with van der Waals surface area (Å²) in [5, 5.41) is 11.9. The van der Waals surface area contributed by atoms with Crippen molar-refractivity contribution in [3.63, 3.8) is 0 Å². The highest BCUT2D eigenvalue weighted by Crippen LogP contribution is 2.36. The molecule has 0 saturated carbocycles. The largest absolute Gasteiger partial charge is 0.484 e. The average molecular weight is 488 g/mol. The van der Waals surface area contributed by atoms with Gasteiger partial charge in [0.15, 0.2) is 6.61 Å². The Labute approximate surface area is 206 Å². The summed E-state index contributed by atoms with van der Waals surface area (Å²) in [5.74, 6) is -1.10. The lowest BCUT2D eigenvalue weighted by molar-refractivity contribution is -0.118. The van der Waals surface area contributed by atoms with Crippen LogP contribution in [0.1, 0.15) is 38.7 Å². The SMILES string of the molecule is O=C(COc1ccccc1)Nc1ccc2n(c1=O)C[C@@H]1C[C@@H]2CN(C(=O)c2cccc(C(=O)O)c2)C1. The molecule has 0 unspecified atom stereocenters. The molecule has 2 aliphatic heterocycles. The Morgan fingerprint density at radius 3 is 2.50 bits per heavy atom. The number of ether oxygens (including phenoxy) is 1. The number of likely N-dealkylation sites (tertiary alicyclic amines) is 1. The van der Waals surface area contributed by atoms with Crippen LogP contribution in [0.3, 0.4) is 0 Å². The number of nitrogens with one attached hydrogen (secondary N) is 1. The van der Waals surface area contributed by atoms with E-state index in [0.29, 0.717) is 30.9 Å². The first-order valence-corrected chi connectivity index (χ1v) is 11.7. The normalized spacial score (nSPS) is 18.2. The molecule has 2 aliphatic rings. The molecule has 2 aromatic carbocycles. The highest BCUT2D eigenvalue weighted by atomic mass is 16.5. The third kappa shape index (κ3) is 4.72. The van der Waals surface area contributed by atoms with Gasteiger partial charge in [0.05, 0.1) is 5.56 Å². The topological polar surface area (TPSA) is 118 Å². The Balaban J connectivity index is 1.29. The molecule has 9 nitrogen and oxygen atoms in total. The van der Waals surface area contributed by atoms with Gasteiger partial charge in [-0.05, 0) is 54.8 Å². The van der Waals surface area contributed by atoms with Gasteiger partial charge in [-0.2, -0.15) is 0 Å². The number of aromatic nitrogens is 1. The van der Waals surface area contributed by atoms with E-state index in [4.69, 9.17) is 4.74 Å². The summed E-state index contributed by atoms with van der Waals surface area (Å²) in [4.78, 5) is 51.7. The number of para-hydroxylation sites is 1. The molecule has 1 fully saturated rings. The Morgan fingerprint density at radius 1 is 0.944 bits per heavy atom. The average Bonchev–Trinajstić information content (AvgIpc) is 2.89. The number of hydrogen-bond donors (Lipinski definition) is 2. The maximum Gasteiger partial charge on any atom is 0.335 e. The van der Waals surface area contributed by atoms with Gasteiger partial charge >= 0.3 is 5.97 Å². The number of nitrogens with zero attached hydrogens (tertiary/aromatic N) is 2. The first kappa shape index (κ1) is 23.3. The molecule has 1 saturated heterocycles. The van der Waals surface area contributed by atoms with Gasteiger partial charge in [0.2, 0.25) is 0 Å². The zero-order valence-corrected chi connectivity index (χ0v) is 19.4. The van der Waals surface area contributed by atoms with Crippen LogP contribution in [-0.2, 0) is 11.3 Å². The molecule has 184 valence electrons. The zero-order valence-electron chi connectivity index (χ0n) is 19.4. The first-order valence-electron chi connectivity index (χ1n) is 11.7. The maximum absolute atomic E-state index is 13.2. The second-order valence-electron chi connectivity index (χ2n) is 9.13. The molecule has 3 heterocycles. The molecule has 1 aromatic heterocycles. The summed E-state index contributed by atoms with van der Waals surface area (Å²) in [7, 11) is 0. The number of piperidine rings is 1. The number of carboxylic acid groups (broad SMARTS) is 1. The minimum atomic E-state index is -1.08. The van der Waals surface area contributed by atoms with E-state index in [9.17, 15) is 24.3 Å². The third-order valence-electron chi connectivity index (χ3n) is 6.64. The van der Waals surface area contributed by atoms with E-state index in [0.717, 1.165) is 12.1 Å². The van der Waals surface area contributed by atoms with Gasteiger partial charge < -0.3 is 24.6 Å². The molecule has 2 atom stereocenters. The number of carbonyl (C=O) groups is 3. The third-order valence-corrected chi connectivity index (χ3v) is 6.64. The highest BCUT2D eigenvalue weighted by Gasteiger charge is 2.37. The van der Waals surface area contributed by atoms with Gasteiger partial charge in [-0.3, -0.25) is 14.4 Å². The molecule has 2 bridgehead atoms. The van der Waals surface area contributed by atoms with Crippen LogP contribution in [0.15, 0.2) is 71.5 Å². The van der Waals surface area contributed by atoms with Crippen molar-refractivity contribution in [3.8, 4) is 5.75 Å². The first-order chi connectivity index (χ1) is 17.4. The second kappa shape index (κ2) is 9.69. The van der Waals surface area contributed by atoms with Crippen LogP contribution in [0.25, 0.3) is 0 Å². The number of fused-ring (bicyclic) bond motifs is 4. The Bertz CT molecular complexity index is 1380. The van der Waals surface area contributed by atoms with Crippen LogP contribution >= 0.6 is 0 Å². The van der Waals surface area contributed by atoms with Gasteiger partial charge in [-0.25, -0.2) is 4.79 Å². The number of hydrogen-bond acceptors (Lipinski definition) is 5. The summed E-state index contributed by atoms with van der Waals surface area (Å²) in [6.45, 7) is 1.13. The molecule has 0 aliphatic carbocycles. The van der Waals surface area contributed by atoms with Crippen molar-refractivity contribution in [1.29, 1.82) is 0 Å². The lowest BCUT2D eigenvalue weighted by atomic mass is 9.83. The highest BCUT2D eigenvalue weighted by molar-refractivity contribution is 5.97. The summed E-state index contributed by atoms with van der Waals surface area (Å²) in [5.41, 5.74) is 1.15. The number of benzene rings is 2. The van der Waals surface area contributed by atoms with Crippen molar-refractivity contribution in [3.05, 3.63) is 93.9 Å². The molecule has 5 rings (SSSR count). The summed E-state index contributed by atoms with van der Waals surface area (Å²) < 4.78 is 7.15. The smallest absolute Gasteiger partial charge is 0.335 e. The van der Waals surface area contributed by atoms with Crippen LogP contribution in [0.2, 0.25) is 0 Å². The summed E-state index contributed by atoms with van der Waals surface area (Å²) in [6, 6.07) is 18.4. The molecule has 0 radical (unpaired) electrons. The molecular weight excluding hydrogens is 462 g/mol. The Morgan fingerprint density at radius 2 is 1.72 bits per heavy atom. The van der Waals surface area contributed by atoms with Crippen LogP contribution in [0.5, 0.6) is 5.75 Å². The minimum Gasteiger partial charge on any atom is -0.484 e. The summed E-state index contributed by atoms with van der Waals surface area (Å²) >= 11 is 0. The molecule has 2 N–H and O–H groups in total. The lowest BCUT2D eigenvalue weighted by Crippen LogP contribution is -2.49. The van der Waals surface area contributed by atoms with Gasteiger partial charge in [0, 0.05) is 36.8 Å². The van der Waals surface area contributed by atoms with Crippen molar-refractivity contribution in [1.82, 2.24) is 9.47 Å². The van der Waals surface area contributed by atoms with Gasteiger partial charge in [-0.1, -0.05) is 24.3 Å². The fourth-order valence-electron chi connectivity index (χ4n) is 5.03. The number of rotatable bonds is 6. The van der Waals surface area contributed by atoms with E-state index in [1.165, 1.54) is 12.1 Å². The fourth-order valence-corrected chi connectivity index (χ4v) is 5.03. The number of amides is 2. The number of anilines is 1. The predicted molar refractivity (Wildman–Crippen MR) is 131 cm³/mol. The Kier molecular flexibility index (Phi) is 6.28. The predicted octanol–water partition coefficient (Wildman–Crippen LogP) is 2.82. The van der Waals surface area contributed by atoms with E-state index in [2.05, 4.69) is 5.32 Å². The minimum absolute atomic E-state index is 0.0250. The van der Waals surface area contributed by atoms with Crippen LogP contribution in [0, 0.1) is 5.92 Å². The number of pyridine rings is 1. The van der Waals surface area contributed by atoms with Gasteiger partial charge in [-0.15, -0.1) is 0 Å². The zero-order chi connectivity index (χ0) is 25.2. The van der Waals surface area contributed by atoms with Crippen molar-refractivity contribution in [2.45, 2.75) is 18.9 Å². The quantitative estimate of drug-likeness (QED) is 0.552. The van der Waals surface area contributed by atoms with Crippen molar-refractivity contribution < 1.29 is 24.2 Å². The van der Waals surface area contributed by atoms with Gasteiger partial charge in [0.25, 0.3) is 17.4 Å². The molecule has 9 heteroatoms. The van der Waals surface area contributed by atoms with Crippen molar-refractivity contribution in [2.75, 3.05) is 25.0 Å².